The van der Waals surface area contributed by atoms with E-state index in [0.717, 1.165) is 56.9 Å². The first kappa shape index (κ1) is 22.3. The Labute approximate surface area is 199 Å². The number of aryl methyl sites for hydroxylation is 1. The van der Waals surface area contributed by atoms with Gasteiger partial charge in [0, 0.05) is 36.4 Å². The summed E-state index contributed by atoms with van der Waals surface area (Å²) in [4.78, 5) is 13.4. The van der Waals surface area contributed by atoms with E-state index in [0.29, 0.717) is 10.7 Å². The van der Waals surface area contributed by atoms with Crippen LogP contribution in [0.3, 0.4) is 0 Å². The van der Waals surface area contributed by atoms with Gasteiger partial charge in [0.05, 0.1) is 0 Å². The molecule has 180 valence electrons. The lowest BCUT2D eigenvalue weighted by atomic mass is 9.94. The first-order chi connectivity index (χ1) is 16.0. The zero-order chi connectivity index (χ0) is 22.6. The fourth-order valence-electron chi connectivity index (χ4n) is 6.05. The molecule has 0 bridgehead atoms. The number of benzene rings is 1. The lowest BCUT2D eigenvalue weighted by Gasteiger charge is -2.36. The van der Waals surface area contributed by atoms with E-state index in [1.807, 2.05) is 19.1 Å². The van der Waals surface area contributed by atoms with Gasteiger partial charge in [-0.25, -0.2) is 0 Å². The molecule has 5 atom stereocenters. The molecule has 0 aromatic heterocycles. The quantitative estimate of drug-likeness (QED) is 0.657. The second-order valence-electron chi connectivity index (χ2n) is 10.2. The van der Waals surface area contributed by atoms with Crippen molar-refractivity contribution in [2.45, 2.75) is 113 Å². The van der Waals surface area contributed by atoms with Crippen molar-refractivity contribution >= 4 is 23.2 Å². The highest BCUT2D eigenvalue weighted by Crippen LogP contribution is 2.51. The molecule has 6 rings (SSSR count). The molecule has 1 N–H and O–H groups in total. The summed E-state index contributed by atoms with van der Waals surface area (Å²) in [6, 6.07) is 5.47. The minimum absolute atomic E-state index is 0.284. The molecule has 1 aromatic carbocycles. The van der Waals surface area contributed by atoms with Crippen LogP contribution in [0.2, 0.25) is 5.02 Å². The summed E-state index contributed by atoms with van der Waals surface area (Å²) in [5.41, 5.74) is 1.57. The van der Waals surface area contributed by atoms with Crippen molar-refractivity contribution in [3.05, 3.63) is 28.8 Å². The molecule has 7 nitrogen and oxygen atoms in total. The molecule has 2 spiro atoms. The molecule has 3 saturated heterocycles. The third-order valence-corrected chi connectivity index (χ3v) is 8.21. The summed E-state index contributed by atoms with van der Waals surface area (Å²) < 4.78 is 32.3. The Balaban J connectivity index is 1.27. The van der Waals surface area contributed by atoms with Crippen molar-refractivity contribution in [1.29, 1.82) is 0 Å². The summed E-state index contributed by atoms with van der Waals surface area (Å²) in [5, 5.41) is 3.55. The smallest absolute Gasteiger partial charge is 0.256 e. The number of hydrogen-bond acceptors (Lipinski definition) is 6. The van der Waals surface area contributed by atoms with Crippen molar-refractivity contribution in [3.8, 4) is 0 Å². The van der Waals surface area contributed by atoms with Crippen molar-refractivity contribution < 1.29 is 28.5 Å². The molecule has 2 saturated carbocycles. The van der Waals surface area contributed by atoms with Gasteiger partial charge in [0.25, 0.3) is 5.91 Å². The maximum atomic E-state index is 13.4. The monoisotopic (exact) mass is 477 g/mol. The number of carbonyl (C=O) groups excluding carboxylic acids is 1. The zero-order valence-corrected chi connectivity index (χ0v) is 19.8. The normalized spacial score (nSPS) is 36.5. The van der Waals surface area contributed by atoms with E-state index in [1.165, 1.54) is 12.8 Å². The maximum absolute atomic E-state index is 13.4. The average molecular weight is 478 g/mol. The molecular formula is C25H32ClNO6. The van der Waals surface area contributed by atoms with Crippen LogP contribution in [0.25, 0.3) is 0 Å². The Morgan fingerprint density at radius 3 is 2.15 bits per heavy atom. The summed E-state index contributed by atoms with van der Waals surface area (Å²) in [6.07, 6.45) is 7.05. The van der Waals surface area contributed by atoms with Gasteiger partial charge in [0.15, 0.2) is 24.0 Å². The van der Waals surface area contributed by atoms with E-state index in [9.17, 15) is 4.79 Å². The van der Waals surface area contributed by atoms with Gasteiger partial charge < -0.3 is 29.0 Å². The van der Waals surface area contributed by atoms with Crippen LogP contribution >= 0.6 is 11.6 Å². The predicted octanol–water partition coefficient (Wildman–Crippen LogP) is 4.83. The van der Waals surface area contributed by atoms with Crippen molar-refractivity contribution in [2.24, 2.45) is 0 Å². The van der Waals surface area contributed by atoms with Crippen LogP contribution in [0, 0.1) is 6.92 Å². The third-order valence-electron chi connectivity index (χ3n) is 7.81. The number of halogens is 1. The molecule has 8 heteroatoms. The number of rotatable bonds is 2. The number of nitrogens with one attached hydrogen (secondary N) is 1. The van der Waals surface area contributed by atoms with Crippen LogP contribution in [0.5, 0.6) is 0 Å². The number of ether oxygens (including phenoxy) is 5. The van der Waals surface area contributed by atoms with Gasteiger partial charge in [-0.1, -0.05) is 30.5 Å². The topological polar surface area (TPSA) is 75.3 Å². The lowest BCUT2D eigenvalue weighted by molar-refractivity contribution is -0.246. The summed E-state index contributed by atoms with van der Waals surface area (Å²) in [6.45, 7) is 1.93. The molecule has 3 aliphatic heterocycles. The number of hydrogen-bond donors (Lipinski definition) is 1. The standard InChI is InChI=1S/C25H32ClNO6/c1-15-8-9-16(14-17(15)26)27-22(28)20-18-19(31-24(30-18)10-4-2-5-11-24)21-23(29-20)33-25(32-21)12-6-3-7-13-25/h8-9,14,18-21,23H,2-7,10-13H2,1H3,(H,27,28)/t18-,19+,20?,21-,23-/m1/s1. The van der Waals surface area contributed by atoms with Gasteiger partial charge in [0.2, 0.25) is 0 Å². The van der Waals surface area contributed by atoms with Gasteiger partial charge in [-0.2, -0.15) is 0 Å². The average Bonchev–Trinajstić information content (AvgIpc) is 3.34. The summed E-state index contributed by atoms with van der Waals surface area (Å²) in [7, 11) is 0. The van der Waals surface area contributed by atoms with Gasteiger partial charge in [0.1, 0.15) is 18.3 Å². The molecule has 3 heterocycles. The molecule has 5 fully saturated rings. The van der Waals surface area contributed by atoms with Gasteiger partial charge >= 0.3 is 0 Å². The van der Waals surface area contributed by atoms with E-state index in [-0.39, 0.29) is 5.91 Å². The van der Waals surface area contributed by atoms with Crippen LogP contribution in [0.15, 0.2) is 18.2 Å². The highest BCUT2D eigenvalue weighted by atomic mass is 35.5. The number of amides is 1. The highest BCUT2D eigenvalue weighted by Gasteiger charge is 2.65. The molecule has 2 aliphatic carbocycles. The number of anilines is 1. The van der Waals surface area contributed by atoms with Gasteiger partial charge in [-0.15, -0.1) is 0 Å². The fourth-order valence-corrected chi connectivity index (χ4v) is 6.23. The molecule has 1 aromatic rings. The predicted molar refractivity (Wildman–Crippen MR) is 121 cm³/mol. The summed E-state index contributed by atoms with van der Waals surface area (Å²) in [5.74, 6) is -1.59. The molecule has 1 unspecified atom stereocenters. The molecule has 1 amide bonds. The van der Waals surface area contributed by atoms with Crippen molar-refractivity contribution in [3.63, 3.8) is 0 Å². The Morgan fingerprint density at radius 1 is 0.879 bits per heavy atom. The second kappa shape index (κ2) is 8.47. The van der Waals surface area contributed by atoms with Gasteiger partial charge in [-0.3, -0.25) is 4.79 Å². The minimum Gasteiger partial charge on any atom is -0.341 e. The molecule has 33 heavy (non-hydrogen) atoms. The minimum atomic E-state index is -0.861. The largest absolute Gasteiger partial charge is 0.341 e. The number of fused-ring (bicyclic) bond motifs is 3. The van der Waals surface area contributed by atoms with E-state index >= 15 is 0 Å². The number of carbonyl (C=O) groups is 1. The van der Waals surface area contributed by atoms with Crippen molar-refractivity contribution in [2.75, 3.05) is 5.32 Å². The first-order valence-corrected chi connectivity index (χ1v) is 12.8. The van der Waals surface area contributed by atoms with Crippen molar-refractivity contribution in [1.82, 2.24) is 0 Å². The highest BCUT2D eigenvalue weighted by molar-refractivity contribution is 6.31. The van der Waals surface area contributed by atoms with Crippen LogP contribution in [-0.2, 0) is 28.5 Å². The molecule has 5 aliphatic rings. The SMILES string of the molecule is Cc1ccc(NC(=O)C2O[C@@H]3OC4(CCCCC4)O[C@@H]3[C@H]3OC4(CCCCC4)O[C@@H]23)cc1Cl. The van der Waals surface area contributed by atoms with Crippen LogP contribution in [0.1, 0.15) is 69.8 Å². The fraction of sp³-hybridized carbons (Fsp3) is 0.720. The summed E-state index contributed by atoms with van der Waals surface area (Å²) >= 11 is 6.26. The van der Waals surface area contributed by atoms with E-state index < -0.39 is 42.3 Å². The molecule has 0 radical (unpaired) electrons. The van der Waals surface area contributed by atoms with Gasteiger partial charge in [-0.05, 0) is 50.3 Å². The van der Waals surface area contributed by atoms with E-state index in [2.05, 4.69) is 5.32 Å². The van der Waals surface area contributed by atoms with Crippen LogP contribution in [0.4, 0.5) is 5.69 Å². The maximum Gasteiger partial charge on any atom is 0.256 e. The lowest BCUT2D eigenvalue weighted by Crippen LogP contribution is -2.58. The Hall–Kier alpha value is -1.22. The Kier molecular flexibility index (Phi) is 5.71. The zero-order valence-electron chi connectivity index (χ0n) is 19.0. The van der Waals surface area contributed by atoms with Crippen LogP contribution < -0.4 is 5.32 Å². The molecular weight excluding hydrogens is 446 g/mol. The van der Waals surface area contributed by atoms with E-state index in [4.69, 9.17) is 35.3 Å². The second-order valence-corrected chi connectivity index (χ2v) is 10.6. The van der Waals surface area contributed by atoms with Crippen LogP contribution in [-0.4, -0.2) is 48.2 Å². The van der Waals surface area contributed by atoms with E-state index in [1.54, 1.807) is 6.07 Å². The third kappa shape index (κ3) is 4.01. The first-order valence-electron chi connectivity index (χ1n) is 12.4. The Morgan fingerprint density at radius 2 is 1.48 bits per heavy atom. The Bertz CT molecular complexity index is 912.